The normalized spacial score (nSPS) is 9.64. The zero-order valence-corrected chi connectivity index (χ0v) is 7.41. The van der Waals surface area contributed by atoms with Crippen molar-refractivity contribution in [3.05, 3.63) is 10.7 Å². The van der Waals surface area contributed by atoms with Crippen LogP contribution in [0.25, 0.3) is 0 Å². The van der Waals surface area contributed by atoms with E-state index in [-0.39, 0.29) is 11.1 Å². The molecule has 0 N–H and O–H groups in total. The molecular weight excluding hydrogens is 186 g/mol. The molecule has 11 heavy (non-hydrogen) atoms. The molecule has 1 aromatic heterocycles. The van der Waals surface area contributed by atoms with Crippen LogP contribution in [-0.4, -0.2) is 11.0 Å². The molecule has 0 amide bonds. The van der Waals surface area contributed by atoms with Gasteiger partial charge < -0.3 is 4.74 Å². The largest absolute Gasteiger partial charge is 0.412 e. The fraction of sp³-hybridized carbons (Fsp3) is 0.333. The van der Waals surface area contributed by atoms with Gasteiger partial charge in [0.1, 0.15) is 0 Å². The summed E-state index contributed by atoms with van der Waals surface area (Å²) in [5.41, 5.74) is 1.53. The fourth-order valence-electron chi connectivity index (χ4n) is 0.464. The molecule has 0 atom stereocenters. The molecule has 0 saturated carbocycles. The van der Waals surface area contributed by atoms with Crippen LogP contribution in [0, 0.1) is 0 Å². The van der Waals surface area contributed by atoms with Crippen LogP contribution in [0.2, 0.25) is 5.15 Å². The van der Waals surface area contributed by atoms with Gasteiger partial charge in [-0.25, -0.2) is 4.98 Å². The number of rotatable bonds is 2. The number of halogens is 1. The number of nitrogens with zero attached hydrogens (tertiary/aromatic N) is 1. The second-order valence-corrected chi connectivity index (χ2v) is 2.93. The third-order valence-corrected chi connectivity index (χ3v) is 2.07. The Morgan fingerprint density at radius 3 is 3.09 bits per heavy atom. The van der Waals surface area contributed by atoms with E-state index in [9.17, 15) is 4.79 Å². The van der Waals surface area contributed by atoms with E-state index in [1.54, 1.807) is 6.92 Å². The minimum absolute atomic E-state index is 0.247. The summed E-state index contributed by atoms with van der Waals surface area (Å²) in [4.78, 5) is 14.4. The number of hydrogen-bond acceptors (Lipinski definition) is 4. The van der Waals surface area contributed by atoms with E-state index >= 15 is 0 Å². The van der Waals surface area contributed by atoms with Gasteiger partial charge in [0.05, 0.1) is 5.51 Å². The minimum Gasteiger partial charge on any atom is -0.412 e. The summed E-state index contributed by atoms with van der Waals surface area (Å²) >= 11 is 6.77. The van der Waals surface area contributed by atoms with E-state index in [4.69, 9.17) is 16.3 Å². The van der Waals surface area contributed by atoms with Crippen molar-refractivity contribution in [2.45, 2.75) is 13.3 Å². The Bertz CT molecular complexity index is 261. The molecule has 5 heteroatoms. The summed E-state index contributed by atoms with van der Waals surface area (Å²) in [6.07, 6.45) is 0.341. The van der Waals surface area contributed by atoms with E-state index in [1.807, 2.05) is 0 Å². The summed E-state index contributed by atoms with van der Waals surface area (Å²) in [6.45, 7) is 1.72. The summed E-state index contributed by atoms with van der Waals surface area (Å²) in [6, 6.07) is 0. The first-order chi connectivity index (χ1) is 5.24. The van der Waals surface area contributed by atoms with Crippen LogP contribution < -0.4 is 4.74 Å². The summed E-state index contributed by atoms with van der Waals surface area (Å²) in [7, 11) is 0. The average Bonchev–Trinajstić information content (AvgIpc) is 2.37. The topological polar surface area (TPSA) is 39.2 Å². The van der Waals surface area contributed by atoms with Gasteiger partial charge in [-0.15, -0.1) is 0 Å². The molecule has 1 rings (SSSR count). The van der Waals surface area contributed by atoms with Crippen molar-refractivity contribution in [3.8, 4) is 5.06 Å². The highest BCUT2D eigenvalue weighted by Crippen LogP contribution is 2.27. The van der Waals surface area contributed by atoms with Crippen molar-refractivity contribution in [1.82, 2.24) is 4.98 Å². The minimum atomic E-state index is -0.295. The number of ether oxygens (including phenoxy) is 1. The highest BCUT2D eigenvalue weighted by atomic mass is 35.5. The van der Waals surface area contributed by atoms with Crippen LogP contribution in [0.3, 0.4) is 0 Å². The average molecular weight is 192 g/mol. The zero-order valence-electron chi connectivity index (χ0n) is 5.83. The molecule has 3 nitrogen and oxygen atoms in total. The van der Waals surface area contributed by atoms with Crippen molar-refractivity contribution in [3.63, 3.8) is 0 Å². The zero-order chi connectivity index (χ0) is 8.27. The Hall–Kier alpha value is -0.610. The third kappa shape index (κ3) is 2.17. The van der Waals surface area contributed by atoms with Gasteiger partial charge in [-0.05, 0) is 0 Å². The maximum absolute atomic E-state index is 10.7. The first-order valence-corrected chi connectivity index (χ1v) is 4.29. The number of aromatic nitrogens is 1. The van der Waals surface area contributed by atoms with Gasteiger partial charge in [0.25, 0.3) is 0 Å². The highest BCUT2D eigenvalue weighted by Gasteiger charge is 2.07. The van der Waals surface area contributed by atoms with Crippen LogP contribution in [0.15, 0.2) is 5.51 Å². The molecule has 0 aliphatic rings. The van der Waals surface area contributed by atoms with Crippen molar-refractivity contribution >= 4 is 28.9 Å². The molecule has 1 aromatic rings. The molecule has 0 aliphatic carbocycles. The van der Waals surface area contributed by atoms with Crippen LogP contribution in [0.1, 0.15) is 13.3 Å². The van der Waals surface area contributed by atoms with E-state index in [1.165, 1.54) is 16.8 Å². The predicted octanol–water partition coefficient (Wildman–Crippen LogP) is 2.11. The highest BCUT2D eigenvalue weighted by molar-refractivity contribution is 7.12. The Morgan fingerprint density at radius 1 is 1.91 bits per heavy atom. The molecule has 0 bridgehead atoms. The van der Waals surface area contributed by atoms with Crippen LogP contribution in [-0.2, 0) is 4.79 Å². The summed E-state index contributed by atoms with van der Waals surface area (Å²) < 4.78 is 4.82. The smallest absolute Gasteiger partial charge is 0.311 e. The molecule has 0 spiro atoms. The maximum Gasteiger partial charge on any atom is 0.311 e. The lowest BCUT2D eigenvalue weighted by molar-refractivity contribution is -0.133. The lowest BCUT2D eigenvalue weighted by atomic mass is 10.5. The Morgan fingerprint density at radius 2 is 2.64 bits per heavy atom. The number of hydrogen-bond donors (Lipinski definition) is 0. The predicted molar refractivity (Wildman–Crippen MR) is 43.1 cm³/mol. The van der Waals surface area contributed by atoms with Crippen LogP contribution in [0.4, 0.5) is 0 Å². The fourth-order valence-corrected chi connectivity index (χ4v) is 1.29. The Kier molecular flexibility index (Phi) is 2.84. The van der Waals surface area contributed by atoms with E-state index in [2.05, 4.69) is 4.98 Å². The van der Waals surface area contributed by atoms with Crippen molar-refractivity contribution < 1.29 is 9.53 Å². The van der Waals surface area contributed by atoms with Gasteiger partial charge in [0.15, 0.2) is 5.15 Å². The summed E-state index contributed by atoms with van der Waals surface area (Å²) in [5, 5.41) is 0.621. The monoisotopic (exact) mass is 191 g/mol. The molecule has 0 unspecified atom stereocenters. The maximum atomic E-state index is 10.7. The lowest BCUT2D eigenvalue weighted by Gasteiger charge is -1.96. The number of esters is 1. The lowest BCUT2D eigenvalue weighted by Crippen LogP contribution is -2.04. The van der Waals surface area contributed by atoms with Gasteiger partial charge in [-0.2, -0.15) is 0 Å². The third-order valence-electron chi connectivity index (χ3n) is 0.989. The van der Waals surface area contributed by atoms with Crippen LogP contribution >= 0.6 is 22.9 Å². The first-order valence-electron chi connectivity index (χ1n) is 3.03. The van der Waals surface area contributed by atoms with E-state index in [0.29, 0.717) is 11.5 Å². The summed E-state index contributed by atoms with van der Waals surface area (Å²) in [5.74, 6) is -0.295. The van der Waals surface area contributed by atoms with Crippen molar-refractivity contribution in [2.75, 3.05) is 0 Å². The molecular formula is C6H6ClNO2S. The number of carbonyl (C=O) groups is 1. The number of thiazole rings is 1. The van der Waals surface area contributed by atoms with Gasteiger partial charge in [-0.1, -0.05) is 29.9 Å². The molecule has 0 radical (unpaired) electrons. The molecule has 1 heterocycles. The van der Waals surface area contributed by atoms with Gasteiger partial charge in [0.2, 0.25) is 5.06 Å². The van der Waals surface area contributed by atoms with Gasteiger partial charge in [-0.3, -0.25) is 4.79 Å². The van der Waals surface area contributed by atoms with Crippen LogP contribution in [0.5, 0.6) is 5.06 Å². The first kappa shape index (κ1) is 8.49. The molecule has 0 aliphatic heterocycles. The second kappa shape index (κ2) is 3.69. The quantitative estimate of drug-likeness (QED) is 0.673. The molecule has 0 saturated heterocycles. The van der Waals surface area contributed by atoms with Crippen molar-refractivity contribution in [1.29, 1.82) is 0 Å². The van der Waals surface area contributed by atoms with Crippen molar-refractivity contribution in [2.24, 2.45) is 0 Å². The van der Waals surface area contributed by atoms with E-state index < -0.39 is 0 Å². The second-order valence-electron chi connectivity index (χ2n) is 1.76. The van der Waals surface area contributed by atoms with Gasteiger partial charge >= 0.3 is 5.97 Å². The Balaban J connectivity index is 2.64. The Labute approximate surface area is 73.0 Å². The molecule has 0 fully saturated rings. The molecule has 60 valence electrons. The standard InChI is InChI=1S/C6H6ClNO2S/c1-2-4(9)10-6-5(7)8-3-11-6/h3H,2H2,1H3. The van der Waals surface area contributed by atoms with Gasteiger partial charge in [0, 0.05) is 6.42 Å². The molecule has 0 aromatic carbocycles. The SMILES string of the molecule is CCC(=O)Oc1scnc1Cl. The van der Waals surface area contributed by atoms with E-state index in [0.717, 1.165) is 0 Å². The number of carbonyl (C=O) groups excluding carboxylic acids is 1.